The van der Waals surface area contributed by atoms with Crippen molar-refractivity contribution in [2.75, 3.05) is 12.4 Å². The van der Waals surface area contributed by atoms with Crippen LogP contribution in [-0.4, -0.2) is 7.05 Å². The molecule has 1 aliphatic rings. The van der Waals surface area contributed by atoms with Crippen LogP contribution in [0.2, 0.25) is 0 Å². The Labute approximate surface area is 395 Å². The van der Waals surface area contributed by atoms with Crippen molar-refractivity contribution in [1.82, 2.24) is 0 Å². The minimum absolute atomic E-state index is 0.0997. The second-order valence-corrected chi connectivity index (χ2v) is 16.8. The number of nitrogens with one attached hydrogen (secondary N) is 1. The standard InChI is InChI=1S/C61H55N.C2H6.CH5N/c1-3-45(48-32-34-49(35-33-48)46-18-7-4-8-19-46)31-30-44(2)42-54-24-13-16-29-59(54)62-60-41-40-58(56-27-14-15-28-57(56)60)61(52-22-11-6-12-23-52)55-26-17-25-53(43-55)51-38-36-50(37-39-51)47-20-9-5-10-21-47;2*1-2/h4-5,7-11,13-41,43-45,61-62H,3,6,12,42H2,1-2H3;1-2H3;2H2,1H3/b31-30-;;. The van der Waals surface area contributed by atoms with Crippen molar-refractivity contribution in [2.45, 2.75) is 65.2 Å². The third kappa shape index (κ3) is 11.4. The summed E-state index contributed by atoms with van der Waals surface area (Å²) < 4.78 is 0. The molecule has 8 aromatic carbocycles. The third-order valence-electron chi connectivity index (χ3n) is 12.6. The van der Waals surface area contributed by atoms with Crippen LogP contribution in [0.15, 0.2) is 230 Å². The maximum absolute atomic E-state index is 4.50. The Balaban J connectivity index is 0.00000158. The molecule has 8 aromatic rings. The summed E-state index contributed by atoms with van der Waals surface area (Å²) in [5.74, 6) is 0.866. The average Bonchev–Trinajstić information content (AvgIpc) is 3.40. The Kier molecular flexibility index (Phi) is 16.9. The fourth-order valence-electron chi connectivity index (χ4n) is 9.21. The number of fused-ring (bicyclic) bond motifs is 1. The Morgan fingerprint density at radius 1 is 0.515 bits per heavy atom. The van der Waals surface area contributed by atoms with E-state index >= 15 is 0 Å². The molecular formula is C64H66N2. The molecule has 0 spiro atoms. The van der Waals surface area contributed by atoms with Gasteiger partial charge in [-0.3, -0.25) is 0 Å². The van der Waals surface area contributed by atoms with E-state index in [-0.39, 0.29) is 5.92 Å². The van der Waals surface area contributed by atoms with Gasteiger partial charge in [-0.2, -0.15) is 0 Å². The van der Waals surface area contributed by atoms with Gasteiger partial charge < -0.3 is 11.1 Å². The molecule has 0 aromatic heterocycles. The van der Waals surface area contributed by atoms with Crippen LogP contribution < -0.4 is 11.1 Å². The molecule has 3 unspecified atom stereocenters. The molecule has 0 radical (unpaired) electrons. The number of hydrogen-bond donors (Lipinski definition) is 2. The van der Waals surface area contributed by atoms with Crippen molar-refractivity contribution >= 4 is 22.1 Å². The van der Waals surface area contributed by atoms with Crippen molar-refractivity contribution in [2.24, 2.45) is 11.7 Å². The summed E-state index contributed by atoms with van der Waals surface area (Å²) in [6.07, 6.45) is 16.2. The maximum Gasteiger partial charge on any atom is 0.0464 e. The molecule has 0 fully saturated rings. The summed E-state index contributed by atoms with van der Waals surface area (Å²) in [6, 6.07) is 71.0. The van der Waals surface area contributed by atoms with E-state index in [4.69, 9.17) is 0 Å². The number of nitrogens with two attached hydrogens (primary N) is 1. The van der Waals surface area contributed by atoms with Gasteiger partial charge in [0.05, 0.1) is 0 Å². The number of allylic oxidation sites excluding steroid dienone is 6. The number of benzene rings is 8. The van der Waals surface area contributed by atoms with E-state index in [0.717, 1.165) is 37.1 Å². The van der Waals surface area contributed by atoms with Crippen LogP contribution in [0.4, 0.5) is 11.4 Å². The summed E-state index contributed by atoms with van der Waals surface area (Å²) in [5, 5.41) is 6.43. The summed E-state index contributed by atoms with van der Waals surface area (Å²) >= 11 is 0. The smallest absolute Gasteiger partial charge is 0.0464 e. The molecule has 1 aliphatic carbocycles. The van der Waals surface area contributed by atoms with E-state index in [2.05, 4.69) is 249 Å². The summed E-state index contributed by atoms with van der Waals surface area (Å²) in [5.41, 5.74) is 20.9. The third-order valence-corrected chi connectivity index (χ3v) is 12.6. The highest BCUT2D eigenvalue weighted by Crippen LogP contribution is 2.42. The molecule has 2 nitrogen and oxygen atoms in total. The highest BCUT2D eigenvalue weighted by Gasteiger charge is 2.23. The van der Waals surface area contributed by atoms with Gasteiger partial charge in [0.15, 0.2) is 0 Å². The van der Waals surface area contributed by atoms with Crippen molar-refractivity contribution < 1.29 is 0 Å². The largest absolute Gasteiger partial charge is 0.355 e. The van der Waals surface area contributed by atoms with E-state index in [1.165, 1.54) is 79.0 Å². The minimum Gasteiger partial charge on any atom is -0.355 e. The molecule has 0 bridgehead atoms. The number of hydrogen-bond acceptors (Lipinski definition) is 2. The predicted molar refractivity (Wildman–Crippen MR) is 288 cm³/mol. The van der Waals surface area contributed by atoms with Crippen molar-refractivity contribution in [3.8, 4) is 33.4 Å². The summed E-state index contributed by atoms with van der Waals surface area (Å²) in [4.78, 5) is 0. The quantitative estimate of drug-likeness (QED) is 0.107. The number of anilines is 2. The first-order valence-corrected chi connectivity index (χ1v) is 24.0. The zero-order valence-electron chi connectivity index (χ0n) is 39.5. The predicted octanol–water partition coefficient (Wildman–Crippen LogP) is 17.5. The molecule has 332 valence electrons. The van der Waals surface area contributed by atoms with Gasteiger partial charge in [-0.25, -0.2) is 0 Å². The second kappa shape index (κ2) is 23.8. The Bertz CT molecular complexity index is 2830. The van der Waals surface area contributed by atoms with Gasteiger partial charge in [0, 0.05) is 28.6 Å². The lowest BCUT2D eigenvalue weighted by molar-refractivity contribution is 0.709. The van der Waals surface area contributed by atoms with E-state index in [1.54, 1.807) is 0 Å². The van der Waals surface area contributed by atoms with Crippen LogP contribution in [0, 0.1) is 5.92 Å². The zero-order valence-corrected chi connectivity index (χ0v) is 39.5. The van der Waals surface area contributed by atoms with Gasteiger partial charge in [-0.05, 0) is 117 Å². The molecular weight excluding hydrogens is 797 g/mol. The first-order valence-electron chi connectivity index (χ1n) is 24.0. The van der Waals surface area contributed by atoms with E-state index in [9.17, 15) is 0 Å². The monoisotopic (exact) mass is 863 g/mol. The van der Waals surface area contributed by atoms with Crippen molar-refractivity contribution in [3.05, 3.63) is 252 Å². The van der Waals surface area contributed by atoms with Crippen LogP contribution >= 0.6 is 0 Å². The van der Waals surface area contributed by atoms with Gasteiger partial charge in [-0.1, -0.05) is 240 Å². The number of rotatable bonds is 14. The SMILES string of the molecule is CC.CCC(/C=C\C(C)Cc1ccccc1Nc1ccc(C(C2=CCCC=C2)c2cccc(-c3ccc(-c4ccccc4)cc3)c2)c2ccccc12)c1ccc(-c2ccccc2)cc1.CN. The van der Waals surface area contributed by atoms with E-state index < -0.39 is 0 Å². The first-order chi connectivity index (χ1) is 32.6. The normalized spacial score (nSPS) is 13.4. The molecule has 0 aliphatic heterocycles. The van der Waals surface area contributed by atoms with Crippen LogP contribution in [-0.2, 0) is 6.42 Å². The Morgan fingerprint density at radius 2 is 1.08 bits per heavy atom. The van der Waals surface area contributed by atoms with E-state index in [1.807, 2.05) is 13.8 Å². The van der Waals surface area contributed by atoms with Crippen molar-refractivity contribution in [1.29, 1.82) is 0 Å². The van der Waals surface area contributed by atoms with Crippen LogP contribution in [0.25, 0.3) is 44.2 Å². The van der Waals surface area contributed by atoms with E-state index in [0.29, 0.717) is 11.8 Å². The first kappa shape index (κ1) is 47.0. The van der Waals surface area contributed by atoms with Gasteiger partial charge in [0.25, 0.3) is 0 Å². The molecule has 3 atom stereocenters. The van der Waals surface area contributed by atoms with Crippen LogP contribution in [0.5, 0.6) is 0 Å². The second-order valence-electron chi connectivity index (χ2n) is 16.8. The summed E-state index contributed by atoms with van der Waals surface area (Å²) in [7, 11) is 1.50. The molecule has 3 N–H and O–H groups in total. The average molecular weight is 863 g/mol. The van der Waals surface area contributed by atoms with Gasteiger partial charge in [-0.15, -0.1) is 0 Å². The topological polar surface area (TPSA) is 38.0 Å². The van der Waals surface area contributed by atoms with Crippen LogP contribution in [0.1, 0.15) is 81.0 Å². The highest BCUT2D eigenvalue weighted by atomic mass is 14.9. The summed E-state index contributed by atoms with van der Waals surface area (Å²) in [6.45, 7) is 8.62. The van der Waals surface area contributed by atoms with Gasteiger partial charge in [0.2, 0.25) is 0 Å². The van der Waals surface area contributed by atoms with Crippen molar-refractivity contribution in [3.63, 3.8) is 0 Å². The Morgan fingerprint density at radius 3 is 1.71 bits per heavy atom. The molecule has 0 amide bonds. The molecule has 66 heavy (non-hydrogen) atoms. The fraction of sp³-hybridized carbons (Fsp3) is 0.188. The lowest BCUT2D eigenvalue weighted by Crippen LogP contribution is -2.07. The maximum atomic E-state index is 4.50. The number of para-hydroxylation sites is 1. The molecule has 0 heterocycles. The van der Waals surface area contributed by atoms with Gasteiger partial charge in [0.1, 0.15) is 0 Å². The zero-order chi connectivity index (χ0) is 46.1. The molecule has 0 saturated carbocycles. The highest BCUT2D eigenvalue weighted by molar-refractivity contribution is 5.98. The molecule has 2 heteroatoms. The Hall–Kier alpha value is -7.00. The molecule has 0 saturated heterocycles. The fourth-order valence-corrected chi connectivity index (χ4v) is 9.21. The van der Waals surface area contributed by atoms with Gasteiger partial charge >= 0.3 is 0 Å². The minimum atomic E-state index is 0.0997. The molecule has 9 rings (SSSR count). The lowest BCUT2D eigenvalue weighted by atomic mass is 9.80. The van der Waals surface area contributed by atoms with Crippen LogP contribution in [0.3, 0.4) is 0 Å². The lowest BCUT2D eigenvalue weighted by Gasteiger charge is -2.25.